The maximum absolute atomic E-state index is 12.4. The Morgan fingerprint density at radius 1 is 0.911 bits per heavy atom. The molecule has 2 aromatic carbocycles. The molecule has 2 N–H and O–H groups in total. The third-order valence-corrected chi connectivity index (χ3v) is 8.12. The fourth-order valence-corrected chi connectivity index (χ4v) is 5.78. The topological polar surface area (TPSA) is 134 Å². The van der Waals surface area contributed by atoms with Crippen molar-refractivity contribution in [1.82, 2.24) is 0 Å². The normalized spacial score (nSPS) is 28.0. The van der Waals surface area contributed by atoms with Crippen LogP contribution in [0.1, 0.15) is 50.3 Å². The Balaban J connectivity index is 0.995. The van der Waals surface area contributed by atoms with E-state index >= 15 is 0 Å². The van der Waals surface area contributed by atoms with E-state index in [1.807, 2.05) is 74.5 Å². The van der Waals surface area contributed by atoms with E-state index in [1.54, 1.807) is 0 Å². The zero-order valence-corrected chi connectivity index (χ0v) is 26.0. The second-order valence-corrected chi connectivity index (χ2v) is 12.1. The van der Waals surface area contributed by atoms with Crippen LogP contribution in [0.2, 0.25) is 0 Å². The zero-order chi connectivity index (χ0) is 31.6. The van der Waals surface area contributed by atoms with E-state index in [4.69, 9.17) is 43.6 Å². The molecule has 45 heavy (non-hydrogen) atoms. The highest BCUT2D eigenvalue weighted by molar-refractivity contribution is 5.88. The highest BCUT2D eigenvalue weighted by atomic mass is 16.8. The number of carbonyl (C=O) groups excluding carboxylic acids is 2. The van der Waals surface area contributed by atoms with Gasteiger partial charge in [-0.1, -0.05) is 60.7 Å². The molecule has 5 rings (SSSR count). The van der Waals surface area contributed by atoms with Gasteiger partial charge in [-0.3, -0.25) is 9.59 Å². The number of rotatable bonds is 15. The van der Waals surface area contributed by atoms with Gasteiger partial charge in [-0.05, 0) is 31.4 Å². The van der Waals surface area contributed by atoms with Gasteiger partial charge >= 0.3 is 5.97 Å². The number of Topliss-reactive ketones (excluding diaryl/α,β-unsaturated/α-hetero) is 1. The molecule has 2 aromatic rings. The van der Waals surface area contributed by atoms with Gasteiger partial charge in [0.2, 0.25) is 0 Å². The number of ketones is 1. The Bertz CT molecular complexity index is 1210. The number of esters is 1. The predicted molar refractivity (Wildman–Crippen MR) is 162 cm³/mol. The number of hydrogen-bond donors (Lipinski definition) is 1. The molecule has 3 aliphatic heterocycles. The molecule has 4 unspecified atom stereocenters. The summed E-state index contributed by atoms with van der Waals surface area (Å²) in [4.78, 5) is 24.4. The molecule has 246 valence electrons. The second-order valence-electron chi connectivity index (χ2n) is 12.1. The molecular formula is C34H45NO10. The molecule has 11 nitrogen and oxygen atoms in total. The maximum Gasteiger partial charge on any atom is 0.308 e. The average molecular weight is 628 g/mol. The summed E-state index contributed by atoms with van der Waals surface area (Å²) in [6.45, 7) is 6.12. The van der Waals surface area contributed by atoms with Crippen molar-refractivity contribution in [3.63, 3.8) is 0 Å². The van der Waals surface area contributed by atoms with Crippen molar-refractivity contribution in [2.75, 3.05) is 39.6 Å². The molecular weight excluding hydrogens is 582 g/mol. The molecule has 0 radical (unpaired) electrons. The number of nitrogens with two attached hydrogens (primary N) is 1. The first-order valence-electron chi connectivity index (χ1n) is 15.7. The quantitative estimate of drug-likeness (QED) is 0.230. The molecule has 0 aromatic heterocycles. The molecule has 3 aliphatic rings. The van der Waals surface area contributed by atoms with Gasteiger partial charge in [0, 0.05) is 18.9 Å². The summed E-state index contributed by atoms with van der Waals surface area (Å²) in [7, 11) is 0. The Morgan fingerprint density at radius 3 is 2.42 bits per heavy atom. The maximum atomic E-state index is 12.4. The standard InChI is InChI=1S/C34H45NO10/c1-34(2)44-32-25-20-40-28(24-12-7-4-8-13-24)22-41-29(31(25)43-33(32)45-34)21-39-17-16-38-15-9-14-27(36)26(35)18-30(37)42-19-23-10-5-3-6-11-23/h3-8,10-13,25-26,28-29,31-33H,9,14-22,35H2,1-2H3/t25-,26?,28?,29?,31+,32?,33-/m1/s1. The van der Waals surface area contributed by atoms with Gasteiger partial charge in [0.05, 0.1) is 51.6 Å². The molecule has 11 heteroatoms. The van der Waals surface area contributed by atoms with E-state index in [2.05, 4.69) is 0 Å². The van der Waals surface area contributed by atoms with Crippen molar-refractivity contribution in [2.45, 2.75) is 82.3 Å². The van der Waals surface area contributed by atoms with Crippen LogP contribution in [0.25, 0.3) is 0 Å². The monoisotopic (exact) mass is 627 g/mol. The van der Waals surface area contributed by atoms with E-state index < -0.39 is 24.1 Å². The van der Waals surface area contributed by atoms with Crippen molar-refractivity contribution in [3.8, 4) is 0 Å². The van der Waals surface area contributed by atoms with E-state index in [1.165, 1.54) is 0 Å². The lowest BCUT2D eigenvalue weighted by Gasteiger charge is -2.35. The van der Waals surface area contributed by atoms with Gasteiger partial charge in [-0.2, -0.15) is 0 Å². The van der Waals surface area contributed by atoms with Gasteiger partial charge in [0.1, 0.15) is 30.7 Å². The minimum absolute atomic E-state index is 0.0808. The molecule has 3 saturated heterocycles. The molecule has 3 heterocycles. The van der Waals surface area contributed by atoms with Crippen molar-refractivity contribution >= 4 is 11.8 Å². The summed E-state index contributed by atoms with van der Waals surface area (Å²) < 4.78 is 48.0. The van der Waals surface area contributed by atoms with Crippen LogP contribution in [-0.4, -0.2) is 87.8 Å². The lowest BCUT2D eigenvalue weighted by Crippen LogP contribution is -2.45. The Morgan fingerprint density at radius 2 is 1.64 bits per heavy atom. The van der Waals surface area contributed by atoms with Crippen LogP contribution in [0.15, 0.2) is 60.7 Å². The van der Waals surface area contributed by atoms with E-state index in [-0.39, 0.29) is 55.6 Å². The molecule has 0 saturated carbocycles. The first-order valence-corrected chi connectivity index (χ1v) is 15.7. The zero-order valence-electron chi connectivity index (χ0n) is 26.0. The number of carbonyl (C=O) groups is 2. The number of hydrogen-bond acceptors (Lipinski definition) is 11. The molecule has 0 aliphatic carbocycles. The van der Waals surface area contributed by atoms with Gasteiger partial charge in [0.15, 0.2) is 12.1 Å². The fourth-order valence-electron chi connectivity index (χ4n) is 5.78. The van der Waals surface area contributed by atoms with Gasteiger partial charge in [0.25, 0.3) is 0 Å². The van der Waals surface area contributed by atoms with Crippen LogP contribution in [0.4, 0.5) is 0 Å². The van der Waals surface area contributed by atoms with Crippen molar-refractivity contribution in [1.29, 1.82) is 0 Å². The highest BCUT2D eigenvalue weighted by Gasteiger charge is 2.57. The Labute approximate surface area is 264 Å². The van der Waals surface area contributed by atoms with Crippen LogP contribution in [0.3, 0.4) is 0 Å². The lowest BCUT2D eigenvalue weighted by atomic mass is 9.94. The van der Waals surface area contributed by atoms with Gasteiger partial charge in [-0.15, -0.1) is 0 Å². The lowest BCUT2D eigenvalue weighted by molar-refractivity contribution is -0.239. The molecule has 0 spiro atoms. The smallest absolute Gasteiger partial charge is 0.308 e. The first kappa shape index (κ1) is 33.6. The van der Waals surface area contributed by atoms with Crippen molar-refractivity contribution in [2.24, 2.45) is 11.7 Å². The summed E-state index contributed by atoms with van der Waals surface area (Å²) in [5.74, 6) is -1.50. The first-order chi connectivity index (χ1) is 21.8. The van der Waals surface area contributed by atoms with Crippen LogP contribution < -0.4 is 5.73 Å². The van der Waals surface area contributed by atoms with E-state index in [0.29, 0.717) is 46.1 Å². The van der Waals surface area contributed by atoms with Crippen LogP contribution in [0, 0.1) is 5.92 Å². The predicted octanol–water partition coefficient (Wildman–Crippen LogP) is 3.48. The van der Waals surface area contributed by atoms with E-state index in [9.17, 15) is 9.59 Å². The summed E-state index contributed by atoms with van der Waals surface area (Å²) >= 11 is 0. The van der Waals surface area contributed by atoms with Crippen molar-refractivity contribution in [3.05, 3.63) is 71.8 Å². The van der Waals surface area contributed by atoms with Gasteiger partial charge < -0.3 is 43.6 Å². The van der Waals surface area contributed by atoms with Crippen LogP contribution in [0.5, 0.6) is 0 Å². The van der Waals surface area contributed by atoms with Crippen LogP contribution in [-0.2, 0) is 54.1 Å². The average Bonchev–Trinajstić information content (AvgIpc) is 3.50. The molecule has 0 amide bonds. The number of fused-ring (bicyclic) bond motifs is 3. The SMILES string of the molecule is CC1(C)OC2[C@H](O[C@@H]3C(COCCOCCCC(=O)C(N)CC(=O)OCc4ccccc4)OCC(c4ccccc4)OC[C@@H]23)O1. The highest BCUT2D eigenvalue weighted by Crippen LogP contribution is 2.43. The largest absolute Gasteiger partial charge is 0.461 e. The minimum atomic E-state index is -0.893. The third kappa shape index (κ3) is 9.63. The second kappa shape index (κ2) is 16.2. The third-order valence-electron chi connectivity index (χ3n) is 8.12. The van der Waals surface area contributed by atoms with E-state index in [0.717, 1.165) is 11.1 Å². The summed E-state index contributed by atoms with van der Waals surface area (Å²) in [5.41, 5.74) is 7.85. The Kier molecular flexibility index (Phi) is 12.1. The molecule has 7 atom stereocenters. The Hall–Kier alpha value is -2.74. The van der Waals surface area contributed by atoms with Gasteiger partial charge in [-0.25, -0.2) is 0 Å². The fraction of sp³-hybridized carbons (Fsp3) is 0.588. The number of ether oxygens (including phenoxy) is 8. The van der Waals surface area contributed by atoms with Crippen molar-refractivity contribution < 1.29 is 47.5 Å². The van der Waals surface area contributed by atoms with Crippen LogP contribution >= 0.6 is 0 Å². The molecule has 0 bridgehead atoms. The minimum Gasteiger partial charge on any atom is -0.461 e. The summed E-state index contributed by atoms with van der Waals surface area (Å²) in [5, 5.41) is 0. The number of benzene rings is 2. The summed E-state index contributed by atoms with van der Waals surface area (Å²) in [6, 6.07) is 18.5. The summed E-state index contributed by atoms with van der Waals surface area (Å²) in [6.07, 6.45) is -1.05. The molecule has 3 fully saturated rings.